The first kappa shape index (κ1) is 9.53. The van der Waals surface area contributed by atoms with E-state index in [1.165, 1.54) is 12.8 Å². The van der Waals surface area contributed by atoms with Gasteiger partial charge in [-0.25, -0.2) is 0 Å². The third-order valence-electron chi connectivity index (χ3n) is 2.34. The Balaban J connectivity index is 2.53. The molecule has 0 aromatic heterocycles. The van der Waals surface area contributed by atoms with Gasteiger partial charge in [0.15, 0.2) is 0 Å². The fourth-order valence-corrected chi connectivity index (χ4v) is 1.40. The number of hydrogen-bond donors (Lipinski definition) is 1. The second kappa shape index (κ2) is 5.15. The molecule has 1 heteroatoms. The Bertz CT molecular complexity index is 170. The van der Waals surface area contributed by atoms with Gasteiger partial charge in [-0.05, 0) is 25.2 Å². The molecule has 0 aromatic rings. The predicted molar refractivity (Wildman–Crippen MR) is 51.9 cm³/mol. The molecule has 0 amide bonds. The van der Waals surface area contributed by atoms with Crippen molar-refractivity contribution in [2.24, 2.45) is 11.8 Å². The summed E-state index contributed by atoms with van der Waals surface area (Å²) in [6, 6.07) is 0. The van der Waals surface area contributed by atoms with Gasteiger partial charge in [0.1, 0.15) is 0 Å². The molecule has 0 aliphatic heterocycles. The van der Waals surface area contributed by atoms with Crippen molar-refractivity contribution < 1.29 is 5.11 Å². The van der Waals surface area contributed by atoms with Gasteiger partial charge >= 0.3 is 0 Å². The second-order valence-electron chi connectivity index (χ2n) is 3.59. The van der Waals surface area contributed by atoms with Crippen LogP contribution in [0.4, 0.5) is 0 Å². The summed E-state index contributed by atoms with van der Waals surface area (Å²) in [6.07, 6.45) is 12.2. The smallest absolute Gasteiger partial charge is 0.0496 e. The van der Waals surface area contributed by atoms with Gasteiger partial charge in [-0.15, -0.1) is 0 Å². The maximum absolute atomic E-state index is 9.00. The highest BCUT2D eigenvalue weighted by molar-refractivity contribution is 4.98. The standard InChI is InChI=1S/C11H18O/c1-10-5-3-2-4-6-11(9-12)8-7-10/h2,4,7-8,10-12H,3,5-6,9H2,1H3/b4-2-,8-7-. The molecule has 12 heavy (non-hydrogen) atoms. The summed E-state index contributed by atoms with van der Waals surface area (Å²) in [4.78, 5) is 0. The zero-order valence-electron chi connectivity index (χ0n) is 7.74. The van der Waals surface area contributed by atoms with E-state index in [0.29, 0.717) is 11.8 Å². The highest BCUT2D eigenvalue weighted by atomic mass is 16.3. The largest absolute Gasteiger partial charge is 0.396 e. The Kier molecular flexibility index (Phi) is 4.09. The molecule has 0 radical (unpaired) electrons. The van der Waals surface area contributed by atoms with E-state index in [0.717, 1.165) is 6.42 Å². The SMILES string of the molecule is CC1/C=C\C(CO)C/C=C\CC1. The molecule has 0 heterocycles. The quantitative estimate of drug-likeness (QED) is 0.593. The minimum absolute atomic E-state index is 0.271. The Labute approximate surface area is 74.8 Å². The molecule has 1 rings (SSSR count). The molecule has 0 saturated heterocycles. The maximum Gasteiger partial charge on any atom is 0.0496 e. The number of aliphatic hydroxyl groups excluding tert-OH is 1. The van der Waals surface area contributed by atoms with E-state index < -0.39 is 0 Å². The van der Waals surface area contributed by atoms with E-state index >= 15 is 0 Å². The van der Waals surface area contributed by atoms with E-state index in [9.17, 15) is 0 Å². The number of allylic oxidation sites excluding steroid dienone is 3. The Hall–Kier alpha value is -0.560. The zero-order valence-corrected chi connectivity index (χ0v) is 7.74. The minimum Gasteiger partial charge on any atom is -0.396 e. The molecule has 0 spiro atoms. The van der Waals surface area contributed by atoms with Crippen LogP contribution in [0.2, 0.25) is 0 Å². The van der Waals surface area contributed by atoms with Crippen LogP contribution in [0.5, 0.6) is 0 Å². The van der Waals surface area contributed by atoms with E-state index in [4.69, 9.17) is 5.11 Å². The van der Waals surface area contributed by atoms with Gasteiger partial charge in [-0.3, -0.25) is 0 Å². The molecular weight excluding hydrogens is 148 g/mol. The highest BCUT2D eigenvalue weighted by Crippen LogP contribution is 2.14. The average molecular weight is 166 g/mol. The molecule has 68 valence electrons. The minimum atomic E-state index is 0.271. The molecule has 2 unspecified atom stereocenters. The van der Waals surface area contributed by atoms with Gasteiger partial charge < -0.3 is 5.11 Å². The second-order valence-corrected chi connectivity index (χ2v) is 3.59. The van der Waals surface area contributed by atoms with Crippen LogP contribution in [0.1, 0.15) is 26.2 Å². The Morgan fingerprint density at radius 1 is 1.33 bits per heavy atom. The monoisotopic (exact) mass is 166 g/mol. The lowest BCUT2D eigenvalue weighted by atomic mass is 10.0. The van der Waals surface area contributed by atoms with Crippen LogP contribution in [0.25, 0.3) is 0 Å². The molecule has 2 atom stereocenters. The third-order valence-corrected chi connectivity index (χ3v) is 2.34. The first-order valence-corrected chi connectivity index (χ1v) is 4.77. The van der Waals surface area contributed by atoms with E-state index in [1.54, 1.807) is 0 Å². The first-order valence-electron chi connectivity index (χ1n) is 4.77. The molecule has 0 aromatic carbocycles. The van der Waals surface area contributed by atoms with Crippen molar-refractivity contribution in [1.29, 1.82) is 0 Å². The summed E-state index contributed by atoms with van der Waals surface area (Å²) in [5.74, 6) is 0.989. The zero-order chi connectivity index (χ0) is 8.81. The fraction of sp³-hybridized carbons (Fsp3) is 0.636. The third kappa shape index (κ3) is 3.22. The lowest BCUT2D eigenvalue weighted by Crippen LogP contribution is -2.00. The predicted octanol–water partition coefficient (Wildman–Crippen LogP) is 2.53. The topological polar surface area (TPSA) is 20.2 Å². The molecule has 1 nitrogen and oxygen atoms in total. The van der Waals surface area contributed by atoms with Crippen molar-refractivity contribution in [3.63, 3.8) is 0 Å². The van der Waals surface area contributed by atoms with Gasteiger partial charge in [-0.1, -0.05) is 31.2 Å². The summed E-state index contributed by atoms with van der Waals surface area (Å²) in [5, 5.41) is 9.00. The lowest BCUT2D eigenvalue weighted by Gasteiger charge is -2.05. The molecule has 0 saturated carbocycles. The molecule has 0 fully saturated rings. The average Bonchev–Trinajstić information content (AvgIpc) is 2.17. The van der Waals surface area contributed by atoms with Crippen molar-refractivity contribution in [2.75, 3.05) is 6.61 Å². The maximum atomic E-state index is 9.00. The van der Waals surface area contributed by atoms with E-state index in [-0.39, 0.29) is 6.61 Å². The van der Waals surface area contributed by atoms with E-state index in [2.05, 4.69) is 31.2 Å². The van der Waals surface area contributed by atoms with Gasteiger partial charge in [0, 0.05) is 12.5 Å². The van der Waals surface area contributed by atoms with Crippen molar-refractivity contribution in [2.45, 2.75) is 26.2 Å². The molecular formula is C11H18O. The van der Waals surface area contributed by atoms with Gasteiger partial charge in [0.05, 0.1) is 0 Å². The van der Waals surface area contributed by atoms with Gasteiger partial charge in [0.25, 0.3) is 0 Å². The summed E-state index contributed by atoms with van der Waals surface area (Å²) in [6.45, 7) is 2.50. The summed E-state index contributed by atoms with van der Waals surface area (Å²) >= 11 is 0. The van der Waals surface area contributed by atoms with Crippen molar-refractivity contribution >= 4 is 0 Å². The summed E-state index contributed by atoms with van der Waals surface area (Å²) in [5.41, 5.74) is 0. The molecule has 1 N–H and O–H groups in total. The lowest BCUT2D eigenvalue weighted by molar-refractivity contribution is 0.253. The van der Waals surface area contributed by atoms with Gasteiger partial charge in [-0.2, -0.15) is 0 Å². The van der Waals surface area contributed by atoms with Crippen LogP contribution in [0.3, 0.4) is 0 Å². The van der Waals surface area contributed by atoms with Crippen LogP contribution in [0.15, 0.2) is 24.3 Å². The van der Waals surface area contributed by atoms with Crippen LogP contribution >= 0.6 is 0 Å². The normalized spacial score (nSPS) is 36.2. The molecule has 1 aliphatic carbocycles. The molecule has 0 bridgehead atoms. The summed E-state index contributed by atoms with van der Waals surface area (Å²) < 4.78 is 0. The van der Waals surface area contributed by atoms with Crippen LogP contribution in [-0.4, -0.2) is 11.7 Å². The number of hydrogen-bond acceptors (Lipinski definition) is 1. The first-order chi connectivity index (χ1) is 5.83. The van der Waals surface area contributed by atoms with Crippen LogP contribution < -0.4 is 0 Å². The fourth-order valence-electron chi connectivity index (χ4n) is 1.40. The number of aliphatic hydroxyl groups is 1. The van der Waals surface area contributed by atoms with Crippen molar-refractivity contribution in [1.82, 2.24) is 0 Å². The van der Waals surface area contributed by atoms with Gasteiger partial charge in [0.2, 0.25) is 0 Å². The van der Waals surface area contributed by atoms with Crippen molar-refractivity contribution in [3.05, 3.63) is 24.3 Å². The highest BCUT2D eigenvalue weighted by Gasteiger charge is 2.03. The van der Waals surface area contributed by atoms with Crippen LogP contribution in [0, 0.1) is 11.8 Å². The summed E-state index contributed by atoms with van der Waals surface area (Å²) in [7, 11) is 0. The molecule has 1 aliphatic rings. The van der Waals surface area contributed by atoms with E-state index in [1.807, 2.05) is 0 Å². The van der Waals surface area contributed by atoms with Crippen molar-refractivity contribution in [3.8, 4) is 0 Å². The Morgan fingerprint density at radius 2 is 2.17 bits per heavy atom. The number of rotatable bonds is 1. The Morgan fingerprint density at radius 3 is 2.92 bits per heavy atom. The van der Waals surface area contributed by atoms with Crippen LogP contribution in [-0.2, 0) is 0 Å².